The van der Waals surface area contributed by atoms with Crippen LogP contribution < -0.4 is 0 Å². The molecule has 1 aliphatic rings. The molecule has 3 heteroatoms. The van der Waals surface area contributed by atoms with Crippen molar-refractivity contribution in [2.45, 2.75) is 52.4 Å². The summed E-state index contributed by atoms with van der Waals surface area (Å²) >= 11 is 0. The van der Waals surface area contributed by atoms with Gasteiger partial charge in [-0.05, 0) is 34.2 Å². The summed E-state index contributed by atoms with van der Waals surface area (Å²) in [5, 5.41) is 0. The molecule has 0 spiro atoms. The van der Waals surface area contributed by atoms with E-state index in [1.54, 1.807) is 0 Å². The molecule has 1 saturated heterocycles. The molecule has 0 aromatic heterocycles. The van der Waals surface area contributed by atoms with E-state index in [0.29, 0.717) is 26.9 Å². The fourth-order valence-electron chi connectivity index (χ4n) is 2.22. The monoisotopic (exact) mass is 204 g/mol. The van der Waals surface area contributed by atoms with E-state index in [-0.39, 0.29) is 12.1 Å². The van der Waals surface area contributed by atoms with Crippen molar-refractivity contribution < 1.29 is 4.74 Å². The molecule has 76 valence electrons. The average Bonchev–Trinajstić information content (AvgIpc) is 2.18. The fraction of sp³-hybridized carbons (Fsp3) is 1.00. The Balaban J connectivity index is 2.73. The van der Waals surface area contributed by atoms with Gasteiger partial charge >= 0.3 is 0 Å². The molecule has 0 aliphatic carbocycles. The van der Waals surface area contributed by atoms with Crippen LogP contribution in [0, 0.1) is 11.8 Å². The van der Waals surface area contributed by atoms with Gasteiger partial charge in [0.1, 0.15) is 1.28 Å². The number of nitrogens with zero attached hydrogens (tertiary/aromatic N) is 1. The standard InChI is InChI=1S/C10H20NOP/c1-5-9-6(2)7(3)10(11-13)8(4)12-9/h6-10,13H,5H2,1-4H3/t6-,7?,8-,9?,10-/m0/s1. The van der Waals surface area contributed by atoms with Crippen LogP contribution in [0.2, 0.25) is 0 Å². The van der Waals surface area contributed by atoms with Crippen molar-refractivity contribution in [2.24, 2.45) is 16.6 Å². The van der Waals surface area contributed by atoms with Gasteiger partial charge in [-0.3, -0.25) is 4.74 Å². The van der Waals surface area contributed by atoms with Crippen LogP contribution in [0.25, 0.3) is 0 Å². The summed E-state index contributed by atoms with van der Waals surface area (Å²) in [5.74, 6) is 1.08. The first kappa shape index (κ1) is 9.61. The quantitative estimate of drug-likeness (QED) is 0.633. The van der Waals surface area contributed by atoms with E-state index in [9.17, 15) is 0 Å². The summed E-state index contributed by atoms with van der Waals surface area (Å²) in [4.78, 5) is 0. The summed E-state index contributed by atoms with van der Waals surface area (Å²) in [6, 6.07) is 0.201. The molecule has 1 heterocycles. The first-order chi connectivity index (χ1) is 6.61. The Morgan fingerprint density at radius 3 is 2.62 bits per heavy atom. The molecule has 0 aromatic rings. The minimum atomic E-state index is 0.170. The molecule has 1 fully saturated rings. The number of hydrogen-bond donors (Lipinski definition) is 0. The van der Waals surface area contributed by atoms with Crippen molar-refractivity contribution in [3.05, 3.63) is 0 Å². The van der Waals surface area contributed by atoms with Gasteiger partial charge in [0.2, 0.25) is 0 Å². The molecule has 0 radical (unpaired) electrons. The Hall–Kier alpha value is 0.0600. The molecule has 1 aliphatic heterocycles. The lowest BCUT2D eigenvalue weighted by Gasteiger charge is -2.41. The van der Waals surface area contributed by atoms with Gasteiger partial charge in [0.25, 0.3) is 0 Å². The zero-order valence-electron chi connectivity index (χ0n) is 9.90. The van der Waals surface area contributed by atoms with E-state index in [0.717, 1.165) is 6.42 Å². The maximum absolute atomic E-state index is 7.13. The smallest absolute Gasteiger partial charge is 0.114 e. The van der Waals surface area contributed by atoms with E-state index in [4.69, 9.17) is 6.02 Å². The van der Waals surface area contributed by atoms with Crippen molar-refractivity contribution in [3.8, 4) is 0 Å². The van der Waals surface area contributed by atoms with Gasteiger partial charge in [-0.1, -0.05) is 20.8 Å². The topological polar surface area (TPSA) is 21.6 Å². The minimum absolute atomic E-state index is 0.170. The van der Waals surface area contributed by atoms with Crippen molar-refractivity contribution >= 4 is 8.98 Å². The molecule has 2 nitrogen and oxygen atoms in total. The second kappa shape index (κ2) is 4.52. The normalized spacial score (nSPS) is 48.0. The largest absolute Gasteiger partial charge is 0.373 e. The lowest BCUT2D eigenvalue weighted by Crippen LogP contribution is -2.46. The Bertz CT molecular complexity index is 212. The molecule has 5 atom stereocenters. The Kier molecular flexibility index (Phi) is 3.34. The highest BCUT2D eigenvalue weighted by atomic mass is 31.0. The predicted molar refractivity (Wildman–Crippen MR) is 57.5 cm³/mol. The van der Waals surface area contributed by atoms with Gasteiger partial charge in [-0.15, -0.1) is 0 Å². The zero-order valence-corrected chi connectivity index (χ0v) is 9.79. The summed E-state index contributed by atoms with van der Waals surface area (Å²) in [6.45, 7) is 8.70. The average molecular weight is 204 g/mol. The highest BCUT2D eigenvalue weighted by Crippen LogP contribution is 2.34. The van der Waals surface area contributed by atoms with Gasteiger partial charge in [0, 0.05) is 0 Å². The number of ether oxygens (including phenoxy) is 1. The molecule has 0 aromatic carbocycles. The summed E-state index contributed by atoms with van der Waals surface area (Å²) in [6.07, 6.45) is 1.61. The van der Waals surface area contributed by atoms with Crippen LogP contribution in [0.1, 0.15) is 34.1 Å². The van der Waals surface area contributed by atoms with Gasteiger partial charge < -0.3 is 4.74 Å². The fourth-order valence-corrected chi connectivity index (χ4v) is 2.62. The lowest BCUT2D eigenvalue weighted by molar-refractivity contribution is -0.104. The molecule has 0 N–H and O–H groups in total. The van der Waals surface area contributed by atoms with Crippen molar-refractivity contribution in [1.82, 2.24) is 0 Å². The van der Waals surface area contributed by atoms with E-state index < -0.39 is 0 Å². The molecule has 0 saturated carbocycles. The van der Waals surface area contributed by atoms with Crippen molar-refractivity contribution in [2.75, 3.05) is 0 Å². The van der Waals surface area contributed by atoms with E-state index >= 15 is 0 Å². The van der Waals surface area contributed by atoms with Gasteiger partial charge in [-0.25, -0.2) is 0 Å². The maximum Gasteiger partial charge on any atom is 0.114 e. The Morgan fingerprint density at radius 2 is 2.08 bits per heavy atom. The van der Waals surface area contributed by atoms with Crippen LogP contribution in [-0.4, -0.2) is 19.5 Å². The third-order valence-electron chi connectivity index (χ3n) is 3.36. The second-order valence-electron chi connectivity index (χ2n) is 4.11. The van der Waals surface area contributed by atoms with E-state index in [1.165, 1.54) is 0 Å². The molecule has 1 rings (SSSR count). The molecule has 13 heavy (non-hydrogen) atoms. The first-order valence-corrected chi connectivity index (χ1v) is 5.51. The highest BCUT2D eigenvalue weighted by molar-refractivity contribution is 7.04. The van der Waals surface area contributed by atoms with Crippen molar-refractivity contribution in [3.63, 3.8) is 0 Å². The molecule has 2 unspecified atom stereocenters. The second-order valence-corrected chi connectivity index (χ2v) is 4.34. The number of hydrogen-bond acceptors (Lipinski definition) is 2. The molecular weight excluding hydrogens is 181 g/mol. The Labute approximate surface area is 84.6 Å². The van der Waals surface area contributed by atoms with Crippen LogP contribution in [0.3, 0.4) is 0 Å². The predicted octanol–water partition coefficient (Wildman–Crippen LogP) is 3.15. The zero-order chi connectivity index (χ0) is 10.7. The minimum Gasteiger partial charge on any atom is -0.373 e. The third-order valence-corrected chi connectivity index (χ3v) is 3.63. The first-order valence-electron chi connectivity index (χ1n) is 5.56. The summed E-state index contributed by atoms with van der Waals surface area (Å²) in [7, 11) is 0.380. The van der Waals surface area contributed by atoms with Gasteiger partial charge in [0.15, 0.2) is 0 Å². The lowest BCUT2D eigenvalue weighted by atomic mass is 9.80. The Morgan fingerprint density at radius 1 is 1.38 bits per heavy atom. The maximum atomic E-state index is 7.13. The van der Waals surface area contributed by atoms with E-state index in [2.05, 4.69) is 32.4 Å². The van der Waals surface area contributed by atoms with Crippen molar-refractivity contribution in [1.29, 1.82) is 1.28 Å². The van der Waals surface area contributed by atoms with E-state index in [1.807, 2.05) is 0 Å². The molecule has 0 amide bonds. The molecule has 0 bridgehead atoms. The summed E-state index contributed by atoms with van der Waals surface area (Å²) < 4.78 is 17.3. The van der Waals surface area contributed by atoms with Gasteiger partial charge in [-0.2, -0.15) is 0 Å². The van der Waals surface area contributed by atoms with Crippen LogP contribution in [-0.2, 0) is 4.74 Å². The van der Waals surface area contributed by atoms with Crippen LogP contribution in [0.5, 0.6) is 0 Å². The van der Waals surface area contributed by atoms with Crippen LogP contribution >= 0.6 is 8.98 Å². The number of rotatable bonds is 2. The summed E-state index contributed by atoms with van der Waals surface area (Å²) in [5.41, 5.74) is 0. The van der Waals surface area contributed by atoms with Crippen LogP contribution in [0.4, 0.5) is 0 Å². The van der Waals surface area contributed by atoms with Gasteiger partial charge in [0.05, 0.1) is 18.2 Å². The third kappa shape index (κ3) is 2.11. The highest BCUT2D eigenvalue weighted by Gasteiger charge is 2.37. The molecular formula is C10H20NOP. The SMILES string of the molecule is [4H]/P=N\[C@H]1C(C)[C@H](C)C(CC)O[C@H]1C. The van der Waals surface area contributed by atoms with Crippen LogP contribution in [0.15, 0.2) is 4.74 Å².